The monoisotopic (exact) mass is 1670 g/mol. The molecule has 0 fully saturated rings. The lowest BCUT2D eigenvalue weighted by molar-refractivity contribution is -0.135. The van der Waals surface area contributed by atoms with Crippen molar-refractivity contribution in [2.75, 3.05) is 59.4 Å². The molecule has 0 aliphatic rings. The summed E-state index contributed by atoms with van der Waals surface area (Å²) in [6, 6.07) is 12.8. The van der Waals surface area contributed by atoms with Crippen LogP contribution in [0.2, 0.25) is 0 Å². The van der Waals surface area contributed by atoms with Crippen molar-refractivity contribution in [3.63, 3.8) is 0 Å². The SMILES string of the molecule is CC.CC(=O)CS(=O)(=O)c1ccc(CCNC(=O)CCCCCCCCCCCCCCCCC(=O)Oc2c(F)c(F)c(F)c(F)c2F)cc1.COP(=O)(S)OCCCCCCNC(=O)CCCCCCCCCCCCCCCCC(=O)NCCc1ccc(S(N)(=O)=O)cc1.COP(O)(=S)OCCCCCCN. The summed E-state index contributed by atoms with van der Waals surface area (Å²) in [5.41, 5.74) is 7.19. The number of hydrogen-bond donors (Lipinski definition) is 7. The van der Waals surface area contributed by atoms with E-state index in [1.807, 2.05) is 13.8 Å². The molecule has 0 spiro atoms. The third-order valence-electron chi connectivity index (χ3n) is 17.3. The molecule has 0 radical (unpaired) electrons. The highest BCUT2D eigenvalue weighted by Gasteiger charge is 2.29. The van der Waals surface area contributed by atoms with Gasteiger partial charge in [0.25, 0.3) is 0 Å². The molecule has 109 heavy (non-hydrogen) atoms. The van der Waals surface area contributed by atoms with Gasteiger partial charge in [0.15, 0.2) is 9.84 Å². The van der Waals surface area contributed by atoms with Crippen LogP contribution >= 0.6 is 25.8 Å². The van der Waals surface area contributed by atoms with E-state index in [9.17, 15) is 72.2 Å². The normalized spacial score (nSPS) is 12.4. The van der Waals surface area contributed by atoms with Crippen LogP contribution in [-0.4, -0.2) is 111 Å². The third kappa shape index (κ3) is 56.6. The number of nitrogens with two attached hydrogens (primary N) is 2. The maximum absolute atomic E-state index is 13.6. The number of sulfone groups is 1. The Morgan fingerprint density at radius 3 is 1.12 bits per heavy atom. The molecule has 3 rings (SSSR count). The zero-order valence-corrected chi connectivity index (χ0v) is 70.6. The van der Waals surface area contributed by atoms with Crippen LogP contribution in [0.5, 0.6) is 5.75 Å². The van der Waals surface area contributed by atoms with E-state index in [0.717, 1.165) is 172 Å². The van der Waals surface area contributed by atoms with Crippen LogP contribution in [0.4, 0.5) is 22.0 Å². The second-order valence-electron chi connectivity index (χ2n) is 26.7. The van der Waals surface area contributed by atoms with Gasteiger partial charge in [-0.15, -0.1) is 0 Å². The van der Waals surface area contributed by atoms with Gasteiger partial charge in [0, 0.05) is 59.5 Å². The van der Waals surface area contributed by atoms with E-state index in [4.69, 9.17) is 19.9 Å². The Morgan fingerprint density at radius 2 is 0.771 bits per heavy atom. The smallest absolute Gasteiger partial charge is 0.385 e. The van der Waals surface area contributed by atoms with E-state index in [0.29, 0.717) is 77.8 Å². The molecule has 32 heteroatoms. The molecule has 8 N–H and O–H groups in total. The number of sulfonamides is 1. The van der Waals surface area contributed by atoms with Crippen LogP contribution < -0.4 is 31.6 Å². The predicted octanol–water partition coefficient (Wildman–Crippen LogP) is 18.3. The number of primary sulfonamides is 1. The number of nitrogens with one attached hydrogen (secondary N) is 3. The van der Waals surface area contributed by atoms with E-state index in [1.165, 1.54) is 110 Å². The maximum atomic E-state index is 13.6. The number of Topliss-reactive ketones (excluding diaryl/α,β-unsaturated/α-hetero) is 1. The molecule has 2 unspecified atom stereocenters. The van der Waals surface area contributed by atoms with Gasteiger partial charge in [-0.3, -0.25) is 24.0 Å². The summed E-state index contributed by atoms with van der Waals surface area (Å²) in [7, 11) is -4.62. The van der Waals surface area contributed by atoms with Crippen molar-refractivity contribution in [3.8, 4) is 5.75 Å². The van der Waals surface area contributed by atoms with Crippen LogP contribution in [0.1, 0.15) is 289 Å². The molecule has 0 aromatic heterocycles. The molecular formula is C77H130F5N5O16P2S4. The maximum Gasteiger partial charge on any atom is 0.385 e. The molecule has 628 valence electrons. The van der Waals surface area contributed by atoms with Gasteiger partial charge in [0.1, 0.15) is 11.5 Å². The van der Waals surface area contributed by atoms with Crippen molar-refractivity contribution in [2.24, 2.45) is 10.9 Å². The molecular weight excluding hydrogens is 1540 g/mol. The standard InChI is InChI=1S/C35H46F5NO6S.C33H60N3O7PS2.C7H18NO3PS.C2H6/c1-25(42)24-48(45,46)27-20-18-26(19-21-27)22-23-41-28(43)16-14-12-10-8-6-4-2-3-5-7-9-11-13-15-17-29(44)47-35-33(39)31(37)30(36)32(38)34(35)40;1-42-44(39,45)43-29-19-15-14-18-27-35-32(37)20-16-12-10-8-6-4-2-3-5-7-9-11-13-17-21-33(38)36-28-26-30-22-24-31(25-23-30)46(34,40)41;1-10-12(9,13)11-7-5-3-2-4-6-8;1-2/h18-21H,2-17,22-24H2,1H3,(H,41,43);22-25H,2-21,26-29H2,1H3,(H,35,37)(H,36,38)(H,39,45)(H2,34,40,41);2-8H2,1H3,(H,9,13);1-2H3. The number of carbonyl (C=O) groups is 5. The molecule has 21 nitrogen and oxygen atoms in total. The van der Waals surface area contributed by atoms with Crippen LogP contribution in [0.3, 0.4) is 0 Å². The van der Waals surface area contributed by atoms with Gasteiger partial charge in [-0.05, 0) is 125 Å². The molecule has 0 saturated heterocycles. The average molecular weight is 1670 g/mol. The highest BCUT2D eigenvalue weighted by Crippen LogP contribution is 2.52. The molecule has 0 saturated carbocycles. The number of benzene rings is 3. The van der Waals surface area contributed by atoms with Gasteiger partial charge in [-0.1, -0.05) is 230 Å². The first-order valence-corrected chi connectivity index (χ1v) is 47.7. The quantitative estimate of drug-likeness (QED) is 0.00403. The van der Waals surface area contributed by atoms with E-state index in [2.05, 4.69) is 53.8 Å². The van der Waals surface area contributed by atoms with Gasteiger partial charge in [-0.25, -0.2) is 39.7 Å². The highest BCUT2D eigenvalue weighted by atomic mass is 32.7. The summed E-state index contributed by atoms with van der Waals surface area (Å²) in [4.78, 5) is 68.4. The fraction of sp³-hybridized carbons (Fsp3) is 0.701. The fourth-order valence-electron chi connectivity index (χ4n) is 11.1. The number of ketones is 1. The Balaban J connectivity index is 0.00000180. The van der Waals surface area contributed by atoms with Crippen LogP contribution in [0, 0.1) is 29.1 Å². The summed E-state index contributed by atoms with van der Waals surface area (Å²) >= 11 is 8.46. The van der Waals surface area contributed by atoms with Crippen LogP contribution in [0.25, 0.3) is 0 Å². The van der Waals surface area contributed by atoms with Gasteiger partial charge >= 0.3 is 19.5 Å². The number of hydrogen-bond acceptors (Lipinski definition) is 17. The average Bonchev–Trinajstić information content (AvgIpc) is 0.795. The lowest BCUT2D eigenvalue weighted by atomic mass is 10.0. The van der Waals surface area contributed by atoms with Crippen molar-refractivity contribution < 1.29 is 95.1 Å². The molecule has 0 heterocycles. The summed E-state index contributed by atoms with van der Waals surface area (Å²) in [5.74, 6) is -14.3. The van der Waals surface area contributed by atoms with Gasteiger partial charge in [0.2, 0.25) is 62.6 Å². The van der Waals surface area contributed by atoms with Crippen molar-refractivity contribution in [2.45, 2.75) is 300 Å². The largest absolute Gasteiger partial charge is 0.420 e. The minimum Gasteiger partial charge on any atom is -0.420 e. The summed E-state index contributed by atoms with van der Waals surface area (Å²) in [6.45, 7) is 2.42. The predicted molar refractivity (Wildman–Crippen MR) is 429 cm³/mol. The third-order valence-corrected chi connectivity index (χ3v) is 23.6. The molecule has 0 bridgehead atoms. The number of amides is 3. The lowest BCUT2D eigenvalue weighted by Crippen LogP contribution is -2.25. The Hall–Kier alpha value is -4.29. The fourth-order valence-corrected chi connectivity index (χ4v) is 14.3. The molecule has 3 aromatic rings. The number of esters is 1. The van der Waals surface area contributed by atoms with Crippen LogP contribution in [0.15, 0.2) is 58.3 Å². The Labute approximate surface area is 659 Å². The summed E-state index contributed by atoms with van der Waals surface area (Å²) in [5, 5.41) is 13.9. The van der Waals surface area contributed by atoms with Gasteiger partial charge in [-0.2, -0.15) is 8.78 Å². The molecule has 3 aromatic carbocycles. The molecule has 0 aliphatic carbocycles. The zero-order valence-electron chi connectivity index (χ0n) is 65.4. The summed E-state index contributed by atoms with van der Waals surface area (Å²) < 4.78 is 149. The second kappa shape index (κ2) is 65.0. The van der Waals surface area contributed by atoms with Gasteiger partial charge in [0.05, 0.1) is 23.0 Å². The van der Waals surface area contributed by atoms with E-state index >= 15 is 0 Å². The number of unbranched alkanes of at least 4 members (excludes halogenated alkanes) is 32. The Kier molecular flexibility index (Phi) is 62.5. The van der Waals surface area contributed by atoms with Crippen LogP contribution in [-0.2, 0) is 91.1 Å². The number of rotatable bonds is 62. The zero-order chi connectivity index (χ0) is 81.6. The Bertz CT molecular complexity index is 3270. The minimum absolute atomic E-state index is 0.00372. The lowest BCUT2D eigenvalue weighted by Gasteiger charge is -2.12. The molecule has 0 aliphatic heterocycles. The highest BCUT2D eigenvalue weighted by molar-refractivity contribution is 8.44. The summed E-state index contributed by atoms with van der Waals surface area (Å²) in [6.07, 6.45) is 40.8. The Morgan fingerprint density at radius 1 is 0.459 bits per heavy atom. The molecule has 3 amide bonds. The first-order valence-electron chi connectivity index (χ1n) is 39.2. The first-order chi connectivity index (χ1) is 52.0. The van der Waals surface area contributed by atoms with Gasteiger partial charge < -0.3 is 49.4 Å². The minimum atomic E-state index is -3.68. The van der Waals surface area contributed by atoms with E-state index in [1.54, 1.807) is 24.3 Å². The van der Waals surface area contributed by atoms with Crippen molar-refractivity contribution in [1.29, 1.82) is 0 Å². The topological polar surface area (TPSA) is 325 Å². The number of thiol groups is 1. The number of ether oxygens (including phenoxy) is 1. The van der Waals surface area contributed by atoms with E-state index in [-0.39, 0.29) is 33.9 Å². The van der Waals surface area contributed by atoms with E-state index < -0.39 is 85.7 Å². The van der Waals surface area contributed by atoms with Crippen molar-refractivity contribution >= 4 is 86.9 Å². The number of halogens is 5. The van der Waals surface area contributed by atoms with Crippen molar-refractivity contribution in [1.82, 2.24) is 16.0 Å². The van der Waals surface area contributed by atoms with Crippen molar-refractivity contribution in [3.05, 3.63) is 88.7 Å². The first kappa shape index (κ1) is 105. The molecule has 2 atom stereocenters. The second-order valence-corrected chi connectivity index (χ2v) is 36.2. The number of carbonyl (C=O) groups excluding carboxylic acids is 5.